The lowest BCUT2D eigenvalue weighted by Crippen LogP contribution is -2.31. The number of anilines is 1. The fourth-order valence-electron chi connectivity index (χ4n) is 1.89. The second kappa shape index (κ2) is 7.53. The van der Waals surface area contributed by atoms with Gasteiger partial charge in [0.15, 0.2) is 0 Å². The molecular formula is C15H22N2O3. The Morgan fingerprint density at radius 3 is 2.65 bits per heavy atom. The number of carboxylic acids is 1. The van der Waals surface area contributed by atoms with Gasteiger partial charge in [-0.2, -0.15) is 0 Å². The fourth-order valence-corrected chi connectivity index (χ4v) is 1.89. The molecule has 20 heavy (non-hydrogen) atoms. The number of hydrogen-bond acceptors (Lipinski definition) is 2. The molecule has 0 bridgehead atoms. The number of para-hydroxylation sites is 1. The van der Waals surface area contributed by atoms with Crippen LogP contribution in [-0.2, 0) is 11.2 Å². The van der Waals surface area contributed by atoms with Crippen LogP contribution >= 0.6 is 0 Å². The van der Waals surface area contributed by atoms with Gasteiger partial charge in [-0.05, 0) is 30.9 Å². The van der Waals surface area contributed by atoms with Crippen LogP contribution in [0, 0.1) is 12.8 Å². The topological polar surface area (TPSA) is 78.4 Å². The molecule has 0 spiro atoms. The average molecular weight is 278 g/mol. The standard InChI is InChI=1S/C15H22N2O3/c1-4-12-7-5-6-10(2)13(12)17-15(20)16-9-8-11(3)14(18)19/h5-7,11H,4,8-9H2,1-3H3,(H,18,19)(H2,16,17,20). The third kappa shape index (κ3) is 4.57. The van der Waals surface area contributed by atoms with Gasteiger partial charge in [-0.3, -0.25) is 4.79 Å². The molecule has 1 atom stereocenters. The lowest BCUT2D eigenvalue weighted by atomic mass is 10.1. The van der Waals surface area contributed by atoms with Crippen molar-refractivity contribution in [2.75, 3.05) is 11.9 Å². The lowest BCUT2D eigenvalue weighted by molar-refractivity contribution is -0.141. The molecule has 0 saturated heterocycles. The van der Waals surface area contributed by atoms with Gasteiger partial charge in [0.1, 0.15) is 0 Å². The van der Waals surface area contributed by atoms with Crippen molar-refractivity contribution in [3.63, 3.8) is 0 Å². The highest BCUT2D eigenvalue weighted by Gasteiger charge is 2.12. The van der Waals surface area contributed by atoms with Crippen LogP contribution in [0.2, 0.25) is 0 Å². The summed E-state index contributed by atoms with van der Waals surface area (Å²) in [5.74, 6) is -1.31. The van der Waals surface area contributed by atoms with Gasteiger partial charge in [0.05, 0.1) is 5.92 Å². The van der Waals surface area contributed by atoms with E-state index in [4.69, 9.17) is 5.11 Å². The molecule has 0 saturated carbocycles. The van der Waals surface area contributed by atoms with Crippen molar-refractivity contribution in [3.8, 4) is 0 Å². The molecule has 1 rings (SSSR count). The van der Waals surface area contributed by atoms with Crippen molar-refractivity contribution >= 4 is 17.7 Å². The zero-order valence-electron chi connectivity index (χ0n) is 12.2. The summed E-state index contributed by atoms with van der Waals surface area (Å²) in [6.07, 6.45) is 1.25. The van der Waals surface area contributed by atoms with E-state index in [2.05, 4.69) is 10.6 Å². The molecule has 0 aliphatic carbocycles. The molecule has 5 heteroatoms. The SMILES string of the molecule is CCc1cccc(C)c1NC(=O)NCCC(C)C(=O)O. The summed E-state index contributed by atoms with van der Waals surface area (Å²) in [4.78, 5) is 22.5. The molecule has 1 unspecified atom stereocenters. The summed E-state index contributed by atoms with van der Waals surface area (Å²) in [5, 5.41) is 14.3. The molecular weight excluding hydrogens is 256 g/mol. The minimum atomic E-state index is -0.848. The van der Waals surface area contributed by atoms with E-state index in [9.17, 15) is 9.59 Å². The van der Waals surface area contributed by atoms with Crippen molar-refractivity contribution < 1.29 is 14.7 Å². The second-order valence-corrected chi connectivity index (χ2v) is 4.87. The van der Waals surface area contributed by atoms with E-state index in [0.29, 0.717) is 13.0 Å². The Labute approximate surface area is 119 Å². The summed E-state index contributed by atoms with van der Waals surface area (Å²) in [5.41, 5.74) is 2.93. The van der Waals surface area contributed by atoms with Crippen molar-refractivity contribution in [1.82, 2.24) is 5.32 Å². The Hall–Kier alpha value is -2.04. The highest BCUT2D eigenvalue weighted by Crippen LogP contribution is 2.20. The number of carbonyl (C=O) groups is 2. The smallest absolute Gasteiger partial charge is 0.319 e. The maximum atomic E-state index is 11.8. The van der Waals surface area contributed by atoms with Gasteiger partial charge in [0.2, 0.25) is 0 Å². The van der Waals surface area contributed by atoms with E-state index >= 15 is 0 Å². The van der Waals surface area contributed by atoms with Crippen molar-refractivity contribution in [3.05, 3.63) is 29.3 Å². The normalized spacial score (nSPS) is 11.8. The highest BCUT2D eigenvalue weighted by atomic mass is 16.4. The quantitative estimate of drug-likeness (QED) is 0.748. The number of carboxylic acid groups (broad SMARTS) is 1. The number of amides is 2. The molecule has 0 aromatic heterocycles. The molecule has 0 aliphatic heterocycles. The number of nitrogens with one attached hydrogen (secondary N) is 2. The van der Waals surface area contributed by atoms with E-state index < -0.39 is 11.9 Å². The molecule has 2 amide bonds. The number of rotatable bonds is 6. The number of aryl methyl sites for hydroxylation is 2. The Bertz CT molecular complexity index is 486. The van der Waals surface area contributed by atoms with E-state index in [-0.39, 0.29) is 6.03 Å². The molecule has 0 fully saturated rings. The summed E-state index contributed by atoms with van der Waals surface area (Å²) >= 11 is 0. The van der Waals surface area contributed by atoms with E-state index in [0.717, 1.165) is 23.2 Å². The number of urea groups is 1. The van der Waals surface area contributed by atoms with Crippen LogP contribution in [0.1, 0.15) is 31.4 Å². The van der Waals surface area contributed by atoms with Crippen molar-refractivity contribution in [1.29, 1.82) is 0 Å². The van der Waals surface area contributed by atoms with Crippen LogP contribution in [-0.4, -0.2) is 23.7 Å². The largest absolute Gasteiger partial charge is 0.481 e. The van der Waals surface area contributed by atoms with Crippen molar-refractivity contribution in [2.45, 2.75) is 33.6 Å². The van der Waals surface area contributed by atoms with Crippen LogP contribution in [0.25, 0.3) is 0 Å². The van der Waals surface area contributed by atoms with Gasteiger partial charge in [-0.15, -0.1) is 0 Å². The van der Waals surface area contributed by atoms with Gasteiger partial charge in [0, 0.05) is 12.2 Å². The maximum absolute atomic E-state index is 11.8. The van der Waals surface area contributed by atoms with Crippen LogP contribution in [0.5, 0.6) is 0 Å². The molecule has 1 aromatic carbocycles. The molecule has 0 heterocycles. The number of carbonyl (C=O) groups excluding carboxylic acids is 1. The Balaban J connectivity index is 2.53. The van der Waals surface area contributed by atoms with Gasteiger partial charge in [0.25, 0.3) is 0 Å². The molecule has 1 aromatic rings. The third-order valence-corrected chi connectivity index (χ3v) is 3.26. The first-order valence-corrected chi connectivity index (χ1v) is 6.81. The molecule has 3 N–H and O–H groups in total. The number of aliphatic carboxylic acids is 1. The average Bonchev–Trinajstić information content (AvgIpc) is 2.40. The summed E-state index contributed by atoms with van der Waals surface area (Å²) in [6.45, 7) is 5.94. The first-order chi connectivity index (χ1) is 9.45. The third-order valence-electron chi connectivity index (χ3n) is 3.26. The highest BCUT2D eigenvalue weighted by molar-refractivity contribution is 5.91. The monoisotopic (exact) mass is 278 g/mol. The molecule has 0 radical (unpaired) electrons. The zero-order chi connectivity index (χ0) is 15.1. The first kappa shape index (κ1) is 16.0. The lowest BCUT2D eigenvalue weighted by Gasteiger charge is -2.14. The second-order valence-electron chi connectivity index (χ2n) is 4.87. The minimum Gasteiger partial charge on any atom is -0.481 e. The van der Waals surface area contributed by atoms with Crippen molar-refractivity contribution in [2.24, 2.45) is 5.92 Å². The summed E-state index contributed by atoms with van der Waals surface area (Å²) in [7, 11) is 0. The van der Waals surface area contributed by atoms with Crippen LogP contribution in [0.15, 0.2) is 18.2 Å². The predicted molar refractivity (Wildman–Crippen MR) is 79.0 cm³/mol. The minimum absolute atomic E-state index is 0.299. The molecule has 5 nitrogen and oxygen atoms in total. The van der Waals surface area contributed by atoms with E-state index in [1.807, 2.05) is 32.0 Å². The maximum Gasteiger partial charge on any atom is 0.319 e. The Morgan fingerprint density at radius 1 is 1.35 bits per heavy atom. The fraction of sp³-hybridized carbons (Fsp3) is 0.467. The first-order valence-electron chi connectivity index (χ1n) is 6.81. The molecule has 110 valence electrons. The van der Waals surface area contributed by atoms with Crippen LogP contribution in [0.3, 0.4) is 0 Å². The van der Waals surface area contributed by atoms with Gasteiger partial charge in [-0.25, -0.2) is 4.79 Å². The Kier molecular flexibility index (Phi) is 6.03. The van der Waals surface area contributed by atoms with E-state index in [1.54, 1.807) is 6.92 Å². The zero-order valence-corrected chi connectivity index (χ0v) is 12.2. The number of benzene rings is 1. The van der Waals surface area contributed by atoms with Crippen LogP contribution < -0.4 is 10.6 Å². The Morgan fingerprint density at radius 2 is 2.05 bits per heavy atom. The summed E-state index contributed by atoms with van der Waals surface area (Å²) in [6, 6.07) is 5.59. The van der Waals surface area contributed by atoms with E-state index in [1.165, 1.54) is 0 Å². The molecule has 0 aliphatic rings. The summed E-state index contributed by atoms with van der Waals surface area (Å²) < 4.78 is 0. The van der Waals surface area contributed by atoms with Crippen LogP contribution in [0.4, 0.5) is 10.5 Å². The number of hydrogen-bond donors (Lipinski definition) is 3. The van der Waals surface area contributed by atoms with Gasteiger partial charge in [-0.1, -0.05) is 32.0 Å². The predicted octanol–water partition coefficient (Wildman–Crippen LogP) is 2.79. The van der Waals surface area contributed by atoms with Gasteiger partial charge < -0.3 is 15.7 Å². The van der Waals surface area contributed by atoms with Gasteiger partial charge >= 0.3 is 12.0 Å².